The first-order chi connectivity index (χ1) is 14.0. The highest BCUT2D eigenvalue weighted by Gasteiger charge is 2.18. The maximum absolute atomic E-state index is 11.2. The third kappa shape index (κ3) is 5.16. The van der Waals surface area contributed by atoms with Crippen LogP contribution in [0.5, 0.6) is 5.75 Å². The summed E-state index contributed by atoms with van der Waals surface area (Å²) in [4.78, 5) is 11.2. The van der Waals surface area contributed by atoms with Crippen molar-refractivity contribution in [3.63, 3.8) is 0 Å². The highest BCUT2D eigenvalue weighted by Crippen LogP contribution is 2.27. The Bertz CT molecular complexity index is 986. The molecular formula is C22H23ClN2O4. The Morgan fingerprint density at radius 3 is 2.69 bits per heavy atom. The van der Waals surface area contributed by atoms with E-state index in [0.29, 0.717) is 23.7 Å². The van der Waals surface area contributed by atoms with E-state index in [-0.39, 0.29) is 6.61 Å². The van der Waals surface area contributed by atoms with Gasteiger partial charge in [0.1, 0.15) is 5.75 Å². The molecule has 1 N–H and O–H groups in total. The van der Waals surface area contributed by atoms with Crippen molar-refractivity contribution in [2.24, 2.45) is 0 Å². The Morgan fingerprint density at radius 1 is 1.21 bits per heavy atom. The van der Waals surface area contributed by atoms with Gasteiger partial charge in [-0.15, -0.1) is 0 Å². The molecule has 0 spiro atoms. The van der Waals surface area contributed by atoms with E-state index in [1.54, 1.807) is 14.0 Å². The normalized spacial score (nSPS) is 12.0. The fourth-order valence-electron chi connectivity index (χ4n) is 3.01. The van der Waals surface area contributed by atoms with Gasteiger partial charge < -0.3 is 14.6 Å². The summed E-state index contributed by atoms with van der Waals surface area (Å²) in [6.07, 6.45) is -0.470. The molecule has 3 rings (SSSR count). The molecule has 3 aromatic rings. The zero-order valence-electron chi connectivity index (χ0n) is 16.3. The van der Waals surface area contributed by atoms with Gasteiger partial charge in [-0.2, -0.15) is 5.10 Å². The van der Waals surface area contributed by atoms with E-state index in [2.05, 4.69) is 5.10 Å². The summed E-state index contributed by atoms with van der Waals surface area (Å²) in [5, 5.41) is 14.5. The second-order valence-corrected chi connectivity index (χ2v) is 6.96. The highest BCUT2D eigenvalue weighted by molar-refractivity contribution is 6.31. The lowest BCUT2D eigenvalue weighted by molar-refractivity contribution is -0.151. The second kappa shape index (κ2) is 9.58. The zero-order valence-corrected chi connectivity index (χ0v) is 17.1. The first-order valence-corrected chi connectivity index (χ1v) is 9.68. The minimum absolute atomic E-state index is 0.108. The van der Waals surface area contributed by atoms with Crippen LogP contribution in [0.2, 0.25) is 5.02 Å². The van der Waals surface area contributed by atoms with Crippen molar-refractivity contribution in [1.29, 1.82) is 0 Å². The first kappa shape index (κ1) is 20.9. The molecule has 0 fully saturated rings. The molecule has 0 radical (unpaired) electrons. The van der Waals surface area contributed by atoms with Crippen LogP contribution in [0.4, 0.5) is 0 Å². The van der Waals surface area contributed by atoms with Crippen molar-refractivity contribution in [2.45, 2.75) is 32.6 Å². The number of nitrogens with zero attached hydrogens (tertiary/aromatic N) is 2. The lowest BCUT2D eigenvalue weighted by atomic mass is 10.1. The topological polar surface area (TPSA) is 73.6 Å². The molecule has 0 amide bonds. The number of carboxylic acids is 1. The summed E-state index contributed by atoms with van der Waals surface area (Å²) in [5.41, 5.74) is 3.38. The molecule has 0 bridgehead atoms. The van der Waals surface area contributed by atoms with E-state index < -0.39 is 12.1 Å². The summed E-state index contributed by atoms with van der Waals surface area (Å²) < 4.78 is 12.7. The summed E-state index contributed by atoms with van der Waals surface area (Å²) in [5.74, 6) is -0.237. The monoisotopic (exact) mass is 414 g/mol. The third-order valence-corrected chi connectivity index (χ3v) is 4.92. The molecule has 1 atom stereocenters. The molecular weight excluding hydrogens is 392 g/mol. The smallest absolute Gasteiger partial charge is 0.332 e. The van der Waals surface area contributed by atoms with Gasteiger partial charge >= 0.3 is 5.97 Å². The van der Waals surface area contributed by atoms with Gasteiger partial charge in [-0.25, -0.2) is 4.79 Å². The fourth-order valence-corrected chi connectivity index (χ4v) is 3.21. The number of halogens is 1. The van der Waals surface area contributed by atoms with Gasteiger partial charge in [0.2, 0.25) is 0 Å². The second-order valence-electron chi connectivity index (χ2n) is 6.55. The van der Waals surface area contributed by atoms with E-state index in [1.165, 1.54) is 0 Å². The number of hydrogen-bond acceptors (Lipinski definition) is 4. The summed E-state index contributed by atoms with van der Waals surface area (Å²) in [6, 6.07) is 17.2. The number of benzene rings is 2. The van der Waals surface area contributed by atoms with Crippen molar-refractivity contribution in [3.05, 3.63) is 70.9 Å². The molecule has 7 heteroatoms. The van der Waals surface area contributed by atoms with Crippen LogP contribution in [0.3, 0.4) is 0 Å². The molecule has 152 valence electrons. The minimum atomic E-state index is -0.976. The third-order valence-electron chi connectivity index (χ3n) is 4.55. The van der Waals surface area contributed by atoms with Crippen LogP contribution in [-0.4, -0.2) is 34.1 Å². The van der Waals surface area contributed by atoms with Crippen LogP contribution in [-0.2, 0) is 22.7 Å². The predicted molar refractivity (Wildman–Crippen MR) is 111 cm³/mol. The molecule has 0 aliphatic heterocycles. The molecule has 2 aromatic carbocycles. The Kier molecular flexibility index (Phi) is 6.90. The average Bonchev–Trinajstić information content (AvgIpc) is 3.12. The summed E-state index contributed by atoms with van der Waals surface area (Å²) >= 11 is 6.33. The van der Waals surface area contributed by atoms with E-state index in [0.717, 1.165) is 22.6 Å². The van der Waals surface area contributed by atoms with Gasteiger partial charge in [-0.05, 0) is 36.2 Å². The quantitative estimate of drug-likeness (QED) is 0.552. The molecule has 6 nitrogen and oxygen atoms in total. The van der Waals surface area contributed by atoms with E-state index >= 15 is 0 Å². The molecule has 0 aliphatic rings. The standard InChI is InChI=1S/C22H23ClN2O4/c1-3-21(22(26)27)29-14-17-12-20(15-8-6-9-18(11-15)28-2)25(24-17)13-16-7-4-5-10-19(16)23/h4-12,21H,3,13-14H2,1-2H3,(H,26,27)/t21-/m1/s1. The Hall–Kier alpha value is -2.83. The number of hydrogen-bond donors (Lipinski definition) is 1. The number of carboxylic acid groups (broad SMARTS) is 1. The van der Waals surface area contributed by atoms with Gasteiger partial charge in [0.05, 0.1) is 31.6 Å². The summed E-state index contributed by atoms with van der Waals surface area (Å²) in [6.45, 7) is 2.36. The summed E-state index contributed by atoms with van der Waals surface area (Å²) in [7, 11) is 1.62. The van der Waals surface area contributed by atoms with Crippen LogP contribution in [0.1, 0.15) is 24.6 Å². The molecule has 0 saturated carbocycles. The van der Waals surface area contributed by atoms with Gasteiger partial charge in [0.25, 0.3) is 0 Å². The molecule has 1 heterocycles. The van der Waals surface area contributed by atoms with Gasteiger partial charge in [0, 0.05) is 10.6 Å². The number of aromatic nitrogens is 2. The van der Waals surface area contributed by atoms with E-state index in [1.807, 2.05) is 59.3 Å². The van der Waals surface area contributed by atoms with E-state index in [4.69, 9.17) is 21.1 Å². The SMILES string of the molecule is CC[C@@H](OCc1cc(-c2cccc(OC)c2)n(Cc2ccccc2Cl)n1)C(=O)O. The van der Waals surface area contributed by atoms with Crippen LogP contribution >= 0.6 is 11.6 Å². The van der Waals surface area contributed by atoms with Crippen molar-refractivity contribution in [1.82, 2.24) is 9.78 Å². The number of methoxy groups -OCH3 is 1. The predicted octanol–water partition coefficient (Wildman–Crippen LogP) is 4.64. The van der Waals surface area contributed by atoms with Crippen molar-refractivity contribution in [2.75, 3.05) is 7.11 Å². The Labute approximate surface area is 174 Å². The van der Waals surface area contributed by atoms with Gasteiger partial charge in [-0.1, -0.05) is 48.9 Å². The van der Waals surface area contributed by atoms with Gasteiger partial charge in [0.15, 0.2) is 6.10 Å². The first-order valence-electron chi connectivity index (χ1n) is 9.30. The molecule has 0 aliphatic carbocycles. The van der Waals surface area contributed by atoms with Crippen LogP contribution in [0.25, 0.3) is 11.3 Å². The maximum Gasteiger partial charge on any atom is 0.332 e. The lowest BCUT2D eigenvalue weighted by Crippen LogP contribution is -2.22. The van der Waals surface area contributed by atoms with Gasteiger partial charge in [-0.3, -0.25) is 4.68 Å². The van der Waals surface area contributed by atoms with Crippen molar-refractivity contribution in [3.8, 4) is 17.0 Å². The van der Waals surface area contributed by atoms with Crippen molar-refractivity contribution >= 4 is 17.6 Å². The molecule has 29 heavy (non-hydrogen) atoms. The lowest BCUT2D eigenvalue weighted by Gasteiger charge is -2.10. The minimum Gasteiger partial charge on any atom is -0.497 e. The zero-order chi connectivity index (χ0) is 20.8. The molecule has 1 aromatic heterocycles. The van der Waals surface area contributed by atoms with Crippen LogP contribution in [0.15, 0.2) is 54.6 Å². The number of rotatable bonds is 9. The molecule has 0 unspecified atom stereocenters. The van der Waals surface area contributed by atoms with Crippen LogP contribution < -0.4 is 4.74 Å². The van der Waals surface area contributed by atoms with Crippen molar-refractivity contribution < 1.29 is 19.4 Å². The number of aliphatic carboxylic acids is 1. The largest absolute Gasteiger partial charge is 0.497 e. The number of ether oxygens (including phenoxy) is 2. The Morgan fingerprint density at radius 2 is 2.00 bits per heavy atom. The average molecular weight is 415 g/mol. The van der Waals surface area contributed by atoms with E-state index in [9.17, 15) is 9.90 Å². The Balaban J connectivity index is 1.94. The highest BCUT2D eigenvalue weighted by atomic mass is 35.5. The molecule has 0 saturated heterocycles. The fraction of sp³-hybridized carbons (Fsp3) is 0.273. The van der Waals surface area contributed by atoms with Crippen LogP contribution in [0, 0.1) is 0 Å². The number of carbonyl (C=O) groups is 1. The maximum atomic E-state index is 11.2.